The normalized spacial score (nSPS) is 11.9. The van der Waals surface area contributed by atoms with Gasteiger partial charge in [-0.2, -0.15) is 5.10 Å². The summed E-state index contributed by atoms with van der Waals surface area (Å²) in [6.45, 7) is 11.7. The molecule has 2 N–H and O–H groups in total. The minimum absolute atomic E-state index is 0.0811. The molecule has 1 aromatic heterocycles. The molecule has 5 heteroatoms. The molecular formula is C16H30N4O. The zero-order valence-electron chi connectivity index (χ0n) is 14.1. The van der Waals surface area contributed by atoms with E-state index in [4.69, 9.17) is 0 Å². The summed E-state index contributed by atoms with van der Waals surface area (Å²) in [6, 6.07) is 2.52. The smallest absolute Gasteiger partial charge is 0.221 e. The standard InChI is InChI=1S/C16H30N4O/c1-6-14(7-2)20-11-9-13(19-20)12-17-10-8-15(21)18-16(3,4)5/h9,11,14,17H,6-8,10,12H2,1-5H3,(H,18,21). The molecule has 0 unspecified atom stereocenters. The van der Waals surface area contributed by atoms with Crippen molar-refractivity contribution in [2.24, 2.45) is 0 Å². The molecule has 0 aliphatic rings. The SMILES string of the molecule is CCC(CC)n1ccc(CNCCC(=O)NC(C)(C)C)n1. The molecule has 21 heavy (non-hydrogen) atoms. The average Bonchev–Trinajstić information content (AvgIpc) is 2.83. The lowest BCUT2D eigenvalue weighted by Crippen LogP contribution is -2.41. The molecule has 0 aromatic carbocycles. The number of hydrogen-bond acceptors (Lipinski definition) is 3. The third kappa shape index (κ3) is 6.76. The summed E-state index contributed by atoms with van der Waals surface area (Å²) >= 11 is 0. The van der Waals surface area contributed by atoms with E-state index >= 15 is 0 Å². The molecule has 0 bridgehead atoms. The van der Waals surface area contributed by atoms with E-state index in [1.807, 2.05) is 37.7 Å². The number of carbonyl (C=O) groups excluding carboxylic acids is 1. The predicted octanol–water partition coefficient (Wildman–Crippen LogP) is 2.64. The van der Waals surface area contributed by atoms with Gasteiger partial charge in [0.15, 0.2) is 0 Å². The van der Waals surface area contributed by atoms with Crippen LogP contribution in [0.15, 0.2) is 12.3 Å². The quantitative estimate of drug-likeness (QED) is 0.725. The number of amides is 1. The number of rotatable bonds is 8. The molecule has 0 saturated heterocycles. The second-order valence-corrected chi connectivity index (χ2v) is 6.48. The Balaban J connectivity index is 2.29. The van der Waals surface area contributed by atoms with Gasteiger partial charge in [0, 0.05) is 31.2 Å². The minimum atomic E-state index is -0.162. The monoisotopic (exact) mass is 294 g/mol. The van der Waals surface area contributed by atoms with Crippen molar-refractivity contribution >= 4 is 5.91 Å². The number of carbonyl (C=O) groups is 1. The third-order valence-corrected chi connectivity index (χ3v) is 3.33. The van der Waals surface area contributed by atoms with Crippen LogP contribution >= 0.6 is 0 Å². The van der Waals surface area contributed by atoms with Gasteiger partial charge in [0.05, 0.1) is 11.7 Å². The molecule has 1 rings (SSSR count). The van der Waals surface area contributed by atoms with Gasteiger partial charge in [-0.15, -0.1) is 0 Å². The zero-order chi connectivity index (χ0) is 15.9. The highest BCUT2D eigenvalue weighted by Gasteiger charge is 2.13. The fourth-order valence-electron chi connectivity index (χ4n) is 2.24. The van der Waals surface area contributed by atoms with E-state index in [0.29, 0.717) is 25.6 Å². The fourth-order valence-corrected chi connectivity index (χ4v) is 2.24. The summed E-state index contributed by atoms with van der Waals surface area (Å²) in [6.07, 6.45) is 4.72. The summed E-state index contributed by atoms with van der Waals surface area (Å²) in [7, 11) is 0. The van der Waals surface area contributed by atoms with E-state index in [9.17, 15) is 4.79 Å². The lowest BCUT2D eigenvalue weighted by atomic mass is 10.1. The topological polar surface area (TPSA) is 59.0 Å². The first-order valence-corrected chi connectivity index (χ1v) is 7.91. The van der Waals surface area contributed by atoms with Crippen LogP contribution in [-0.2, 0) is 11.3 Å². The van der Waals surface area contributed by atoms with Gasteiger partial charge >= 0.3 is 0 Å². The first-order chi connectivity index (χ1) is 9.85. The van der Waals surface area contributed by atoms with Crippen molar-refractivity contribution in [3.63, 3.8) is 0 Å². The van der Waals surface area contributed by atoms with Crippen molar-refractivity contribution in [1.82, 2.24) is 20.4 Å². The molecule has 1 aromatic rings. The molecule has 0 aliphatic carbocycles. The first kappa shape index (κ1) is 17.7. The third-order valence-electron chi connectivity index (χ3n) is 3.33. The lowest BCUT2D eigenvalue weighted by molar-refractivity contribution is -0.122. The molecule has 0 aliphatic heterocycles. The van der Waals surface area contributed by atoms with Gasteiger partial charge in [0.25, 0.3) is 0 Å². The molecule has 5 nitrogen and oxygen atoms in total. The molecule has 0 radical (unpaired) electrons. The molecular weight excluding hydrogens is 264 g/mol. The van der Waals surface area contributed by atoms with Crippen LogP contribution in [0.25, 0.3) is 0 Å². The summed E-state index contributed by atoms with van der Waals surface area (Å²) in [5.41, 5.74) is 0.865. The van der Waals surface area contributed by atoms with Crippen molar-refractivity contribution in [3.8, 4) is 0 Å². The maximum Gasteiger partial charge on any atom is 0.221 e. The maximum absolute atomic E-state index is 11.7. The van der Waals surface area contributed by atoms with Crippen LogP contribution < -0.4 is 10.6 Å². The Labute approximate surface area is 128 Å². The van der Waals surface area contributed by atoms with Gasteiger partial charge in [-0.25, -0.2) is 0 Å². The first-order valence-electron chi connectivity index (χ1n) is 7.91. The second-order valence-electron chi connectivity index (χ2n) is 6.48. The van der Waals surface area contributed by atoms with Crippen molar-refractivity contribution in [2.75, 3.05) is 6.54 Å². The van der Waals surface area contributed by atoms with Crippen LogP contribution in [0.4, 0.5) is 0 Å². The molecule has 1 amide bonds. The van der Waals surface area contributed by atoms with Crippen LogP contribution in [0.5, 0.6) is 0 Å². The van der Waals surface area contributed by atoms with Gasteiger partial charge in [0.1, 0.15) is 0 Å². The Kier molecular flexibility index (Phi) is 6.89. The molecule has 0 fully saturated rings. The number of nitrogens with one attached hydrogen (secondary N) is 2. The molecule has 0 atom stereocenters. The summed E-state index contributed by atoms with van der Waals surface area (Å²) in [5, 5.41) is 10.8. The van der Waals surface area contributed by atoms with E-state index in [2.05, 4.69) is 29.6 Å². The minimum Gasteiger partial charge on any atom is -0.351 e. The van der Waals surface area contributed by atoms with Crippen LogP contribution in [0.2, 0.25) is 0 Å². The average molecular weight is 294 g/mol. The zero-order valence-corrected chi connectivity index (χ0v) is 14.1. The molecule has 1 heterocycles. The van der Waals surface area contributed by atoms with Crippen LogP contribution in [0.3, 0.4) is 0 Å². The number of hydrogen-bond donors (Lipinski definition) is 2. The lowest BCUT2D eigenvalue weighted by Gasteiger charge is -2.20. The maximum atomic E-state index is 11.7. The van der Waals surface area contributed by atoms with Crippen molar-refractivity contribution in [1.29, 1.82) is 0 Å². The van der Waals surface area contributed by atoms with Crippen LogP contribution in [0, 0.1) is 0 Å². The van der Waals surface area contributed by atoms with Gasteiger partial charge in [-0.1, -0.05) is 13.8 Å². The van der Waals surface area contributed by atoms with Gasteiger partial charge in [0.2, 0.25) is 5.91 Å². The van der Waals surface area contributed by atoms with E-state index in [1.165, 1.54) is 0 Å². The highest BCUT2D eigenvalue weighted by Crippen LogP contribution is 2.14. The number of aromatic nitrogens is 2. The largest absolute Gasteiger partial charge is 0.351 e. The molecule has 0 spiro atoms. The van der Waals surface area contributed by atoms with Gasteiger partial charge in [-0.05, 0) is 39.7 Å². The van der Waals surface area contributed by atoms with Crippen molar-refractivity contribution in [3.05, 3.63) is 18.0 Å². The van der Waals surface area contributed by atoms with E-state index < -0.39 is 0 Å². The second kappa shape index (κ2) is 8.17. The number of nitrogens with zero attached hydrogens (tertiary/aromatic N) is 2. The Morgan fingerprint density at radius 1 is 1.33 bits per heavy atom. The van der Waals surface area contributed by atoms with Crippen molar-refractivity contribution in [2.45, 2.75) is 72.0 Å². The highest BCUT2D eigenvalue weighted by molar-refractivity contribution is 5.76. The Morgan fingerprint density at radius 2 is 2.00 bits per heavy atom. The van der Waals surface area contributed by atoms with Crippen LogP contribution in [-0.4, -0.2) is 27.8 Å². The molecule has 0 saturated carbocycles. The van der Waals surface area contributed by atoms with E-state index in [-0.39, 0.29) is 11.4 Å². The van der Waals surface area contributed by atoms with Crippen molar-refractivity contribution < 1.29 is 4.79 Å². The van der Waals surface area contributed by atoms with E-state index in [0.717, 1.165) is 18.5 Å². The summed E-state index contributed by atoms with van der Waals surface area (Å²) in [5.74, 6) is 0.0811. The summed E-state index contributed by atoms with van der Waals surface area (Å²) < 4.78 is 2.04. The highest BCUT2D eigenvalue weighted by atomic mass is 16.1. The van der Waals surface area contributed by atoms with Gasteiger partial charge < -0.3 is 10.6 Å². The fraction of sp³-hybridized carbons (Fsp3) is 0.750. The predicted molar refractivity (Wildman–Crippen MR) is 86.1 cm³/mol. The van der Waals surface area contributed by atoms with E-state index in [1.54, 1.807) is 0 Å². The Morgan fingerprint density at radius 3 is 2.57 bits per heavy atom. The van der Waals surface area contributed by atoms with Gasteiger partial charge in [-0.3, -0.25) is 9.48 Å². The Bertz CT molecular complexity index is 430. The molecule has 120 valence electrons. The van der Waals surface area contributed by atoms with Crippen LogP contribution in [0.1, 0.15) is 65.6 Å². The Hall–Kier alpha value is -1.36. The summed E-state index contributed by atoms with van der Waals surface area (Å²) in [4.78, 5) is 11.7.